The highest BCUT2D eigenvalue weighted by molar-refractivity contribution is 7.15. The van der Waals surface area contributed by atoms with Crippen molar-refractivity contribution in [1.82, 2.24) is 9.88 Å². The van der Waals surface area contributed by atoms with Crippen LogP contribution in [-0.4, -0.2) is 28.2 Å². The van der Waals surface area contributed by atoms with Gasteiger partial charge in [-0.15, -0.1) is 11.3 Å². The third-order valence-corrected chi connectivity index (χ3v) is 4.60. The van der Waals surface area contributed by atoms with E-state index < -0.39 is 0 Å². The molecule has 0 radical (unpaired) electrons. The van der Waals surface area contributed by atoms with Crippen LogP contribution in [0.4, 0.5) is 5.13 Å². The zero-order valence-corrected chi connectivity index (χ0v) is 13.2. The number of nitrogens with one attached hydrogen (secondary N) is 1. The number of carbonyl (C=O) groups excluding carboxylic acids is 2. The first kappa shape index (κ1) is 14.5. The molecule has 0 spiro atoms. The molecule has 22 heavy (non-hydrogen) atoms. The molecule has 3 rings (SSSR count). The number of nitrogens with zero attached hydrogens (tertiary/aromatic N) is 2. The van der Waals surface area contributed by atoms with Gasteiger partial charge in [0.05, 0.1) is 5.69 Å². The van der Waals surface area contributed by atoms with Crippen molar-refractivity contribution < 1.29 is 9.59 Å². The Morgan fingerprint density at radius 3 is 2.59 bits per heavy atom. The lowest BCUT2D eigenvalue weighted by atomic mass is 10.1. The van der Waals surface area contributed by atoms with Gasteiger partial charge < -0.3 is 5.32 Å². The summed E-state index contributed by atoms with van der Waals surface area (Å²) >= 11 is 1.42. The van der Waals surface area contributed by atoms with Crippen LogP contribution in [0.15, 0.2) is 30.8 Å². The first-order valence-electron chi connectivity index (χ1n) is 6.81. The van der Waals surface area contributed by atoms with Crippen LogP contribution in [0.25, 0.3) is 5.70 Å². The van der Waals surface area contributed by atoms with E-state index in [0.717, 1.165) is 16.1 Å². The summed E-state index contributed by atoms with van der Waals surface area (Å²) in [6, 6.07) is 7.23. The molecule has 6 heteroatoms. The van der Waals surface area contributed by atoms with Crippen molar-refractivity contribution in [2.45, 2.75) is 13.8 Å². The Kier molecular flexibility index (Phi) is 3.54. The van der Waals surface area contributed by atoms with Gasteiger partial charge >= 0.3 is 0 Å². The lowest BCUT2D eigenvalue weighted by Gasteiger charge is -2.16. The van der Waals surface area contributed by atoms with E-state index in [-0.39, 0.29) is 18.4 Å². The third kappa shape index (κ3) is 2.42. The summed E-state index contributed by atoms with van der Waals surface area (Å²) in [5, 5.41) is 3.28. The van der Waals surface area contributed by atoms with E-state index in [9.17, 15) is 9.59 Å². The average Bonchev–Trinajstić information content (AvgIpc) is 2.92. The molecule has 0 unspecified atom stereocenters. The molecule has 2 amide bonds. The fourth-order valence-electron chi connectivity index (χ4n) is 2.33. The topological polar surface area (TPSA) is 62.3 Å². The van der Waals surface area contributed by atoms with E-state index in [2.05, 4.69) is 16.9 Å². The molecule has 1 N–H and O–H groups in total. The van der Waals surface area contributed by atoms with Gasteiger partial charge in [0.25, 0.3) is 5.91 Å². The number of hydrogen-bond donors (Lipinski definition) is 1. The molecule has 0 saturated heterocycles. The number of carbonyl (C=O) groups is 2. The number of anilines is 1. The fraction of sp³-hybridized carbons (Fsp3) is 0.188. The fourth-order valence-corrected chi connectivity index (χ4v) is 3.16. The second-order valence-electron chi connectivity index (χ2n) is 5.09. The van der Waals surface area contributed by atoms with Crippen molar-refractivity contribution in [2.24, 2.45) is 0 Å². The molecule has 1 aliphatic heterocycles. The monoisotopic (exact) mass is 313 g/mol. The van der Waals surface area contributed by atoms with E-state index in [1.807, 2.05) is 26.0 Å². The molecule has 2 heterocycles. The Hall–Kier alpha value is -2.47. The molecule has 0 saturated carbocycles. The number of benzene rings is 1. The quantitative estimate of drug-likeness (QED) is 0.948. The minimum absolute atomic E-state index is 0.0655. The van der Waals surface area contributed by atoms with Gasteiger partial charge in [0, 0.05) is 21.7 Å². The highest BCUT2D eigenvalue weighted by Crippen LogP contribution is 2.31. The Bertz CT molecular complexity index is 740. The second-order valence-corrected chi connectivity index (χ2v) is 6.30. The van der Waals surface area contributed by atoms with Crippen molar-refractivity contribution in [3.8, 4) is 0 Å². The summed E-state index contributed by atoms with van der Waals surface area (Å²) in [6.45, 7) is 7.69. The summed E-state index contributed by atoms with van der Waals surface area (Å²) < 4.78 is 0. The molecule has 1 aliphatic rings. The predicted octanol–water partition coefficient (Wildman–Crippen LogP) is 2.83. The molecular formula is C16H15N3O2S. The van der Waals surface area contributed by atoms with E-state index >= 15 is 0 Å². The minimum Gasteiger partial charge on any atom is -0.300 e. The van der Waals surface area contributed by atoms with Gasteiger partial charge in [0.15, 0.2) is 5.13 Å². The molecule has 0 aliphatic carbocycles. The molecule has 1 aromatic heterocycles. The van der Waals surface area contributed by atoms with Crippen molar-refractivity contribution in [2.75, 3.05) is 11.9 Å². The van der Waals surface area contributed by atoms with Gasteiger partial charge in [-0.05, 0) is 19.9 Å². The lowest BCUT2D eigenvalue weighted by molar-refractivity contribution is -0.116. The number of aryl methyl sites for hydroxylation is 2. The molecule has 1 aromatic carbocycles. The Morgan fingerprint density at radius 2 is 2.00 bits per heavy atom. The summed E-state index contributed by atoms with van der Waals surface area (Å²) in [5.41, 5.74) is 2.82. The molecule has 0 atom stereocenters. The first-order chi connectivity index (χ1) is 10.5. The maximum Gasteiger partial charge on any atom is 0.259 e. The number of thiazole rings is 1. The number of fused-ring (bicyclic) bond motifs is 1. The molecule has 5 nitrogen and oxygen atoms in total. The molecule has 0 bridgehead atoms. The van der Waals surface area contributed by atoms with Crippen LogP contribution in [0.5, 0.6) is 0 Å². The van der Waals surface area contributed by atoms with E-state index in [1.54, 1.807) is 12.1 Å². The Morgan fingerprint density at radius 1 is 1.32 bits per heavy atom. The number of rotatable bonds is 3. The lowest BCUT2D eigenvalue weighted by Crippen LogP contribution is -2.32. The van der Waals surface area contributed by atoms with Gasteiger partial charge in [-0.1, -0.05) is 24.8 Å². The third-order valence-electron chi connectivity index (χ3n) is 3.62. The van der Waals surface area contributed by atoms with E-state index in [0.29, 0.717) is 16.4 Å². The highest BCUT2D eigenvalue weighted by atomic mass is 32.1. The Labute approximate surface area is 132 Å². The van der Waals surface area contributed by atoms with Crippen LogP contribution in [0.1, 0.15) is 26.5 Å². The average molecular weight is 313 g/mol. The smallest absolute Gasteiger partial charge is 0.259 e. The summed E-state index contributed by atoms with van der Waals surface area (Å²) in [6.07, 6.45) is 0. The normalized spacial score (nSPS) is 13.5. The first-order valence-corrected chi connectivity index (χ1v) is 7.63. The predicted molar refractivity (Wildman–Crippen MR) is 86.7 cm³/mol. The number of aromatic nitrogens is 1. The summed E-state index contributed by atoms with van der Waals surface area (Å²) in [7, 11) is 0. The Balaban J connectivity index is 1.73. The van der Waals surface area contributed by atoms with E-state index in [4.69, 9.17) is 0 Å². The van der Waals surface area contributed by atoms with Crippen LogP contribution in [0, 0.1) is 13.8 Å². The number of hydrogen-bond acceptors (Lipinski definition) is 4. The van der Waals surface area contributed by atoms with Crippen LogP contribution in [-0.2, 0) is 4.79 Å². The largest absolute Gasteiger partial charge is 0.300 e. The highest BCUT2D eigenvalue weighted by Gasteiger charge is 2.31. The maximum atomic E-state index is 12.3. The van der Waals surface area contributed by atoms with Gasteiger partial charge in [0.2, 0.25) is 5.91 Å². The molecule has 112 valence electrons. The SMILES string of the molecule is C=C1c2ccccc2C(=O)N1CC(=O)Nc1nc(C)c(C)s1. The molecular weight excluding hydrogens is 298 g/mol. The number of amides is 2. The van der Waals surface area contributed by atoms with Gasteiger partial charge in [-0.3, -0.25) is 14.5 Å². The van der Waals surface area contributed by atoms with Crippen LogP contribution in [0.2, 0.25) is 0 Å². The minimum atomic E-state index is -0.281. The molecule has 0 fully saturated rings. The zero-order chi connectivity index (χ0) is 15.9. The zero-order valence-electron chi connectivity index (χ0n) is 12.3. The van der Waals surface area contributed by atoms with E-state index in [1.165, 1.54) is 16.2 Å². The van der Waals surface area contributed by atoms with Crippen LogP contribution < -0.4 is 5.32 Å². The van der Waals surface area contributed by atoms with Crippen LogP contribution in [0.3, 0.4) is 0 Å². The summed E-state index contributed by atoms with van der Waals surface area (Å²) in [4.78, 5) is 31.2. The summed E-state index contributed by atoms with van der Waals surface area (Å²) in [5.74, 6) is -0.474. The van der Waals surface area contributed by atoms with Gasteiger partial charge in [-0.25, -0.2) is 4.98 Å². The second kappa shape index (κ2) is 5.38. The van der Waals surface area contributed by atoms with Crippen molar-refractivity contribution >= 4 is 34.0 Å². The van der Waals surface area contributed by atoms with Crippen LogP contribution >= 0.6 is 11.3 Å². The molecule has 2 aromatic rings. The van der Waals surface area contributed by atoms with Crippen molar-refractivity contribution in [1.29, 1.82) is 0 Å². The van der Waals surface area contributed by atoms with Gasteiger partial charge in [-0.2, -0.15) is 0 Å². The maximum absolute atomic E-state index is 12.3. The van der Waals surface area contributed by atoms with Crippen molar-refractivity contribution in [3.63, 3.8) is 0 Å². The standard InChI is InChI=1S/C16H15N3O2S/c1-9-11(3)22-16(17-9)18-14(20)8-19-10(2)12-6-4-5-7-13(12)15(19)21/h4-7H,2,8H2,1,3H3,(H,17,18,20). The van der Waals surface area contributed by atoms with Crippen molar-refractivity contribution in [3.05, 3.63) is 52.5 Å². The van der Waals surface area contributed by atoms with Gasteiger partial charge in [0.1, 0.15) is 6.54 Å².